The van der Waals surface area contributed by atoms with E-state index in [0.29, 0.717) is 0 Å². The SMILES string of the molecule is CC(C)Oc1ccc(C(Cl)c2ccc(Br)cc2)cc1. The summed E-state index contributed by atoms with van der Waals surface area (Å²) in [5.74, 6) is 0.874. The molecule has 0 saturated carbocycles. The molecule has 2 rings (SSSR count). The van der Waals surface area contributed by atoms with Crippen LogP contribution in [0, 0.1) is 0 Å². The number of rotatable bonds is 4. The number of ether oxygens (including phenoxy) is 1. The molecule has 2 aromatic carbocycles. The molecule has 1 nitrogen and oxygen atoms in total. The average molecular weight is 340 g/mol. The van der Waals surface area contributed by atoms with Gasteiger partial charge in [0.2, 0.25) is 0 Å². The molecule has 0 spiro atoms. The minimum Gasteiger partial charge on any atom is -0.491 e. The van der Waals surface area contributed by atoms with E-state index in [-0.39, 0.29) is 11.5 Å². The fourth-order valence-electron chi connectivity index (χ4n) is 1.81. The second-order valence-electron chi connectivity index (χ2n) is 4.65. The molecule has 0 aliphatic heterocycles. The van der Waals surface area contributed by atoms with Gasteiger partial charge in [-0.25, -0.2) is 0 Å². The molecule has 0 fully saturated rings. The summed E-state index contributed by atoms with van der Waals surface area (Å²) in [5, 5.41) is -0.138. The first-order valence-corrected chi connectivity index (χ1v) is 7.45. The van der Waals surface area contributed by atoms with Gasteiger partial charge in [0.1, 0.15) is 5.75 Å². The molecule has 0 N–H and O–H groups in total. The minimum atomic E-state index is -0.138. The van der Waals surface area contributed by atoms with Crippen LogP contribution in [0.3, 0.4) is 0 Å². The number of hydrogen-bond acceptors (Lipinski definition) is 1. The zero-order valence-electron chi connectivity index (χ0n) is 10.9. The monoisotopic (exact) mass is 338 g/mol. The molecule has 0 saturated heterocycles. The topological polar surface area (TPSA) is 9.23 Å². The van der Waals surface area contributed by atoms with Gasteiger partial charge in [-0.1, -0.05) is 40.2 Å². The first-order valence-electron chi connectivity index (χ1n) is 6.22. The highest BCUT2D eigenvalue weighted by molar-refractivity contribution is 9.10. The standard InChI is InChI=1S/C16H16BrClO/c1-11(2)19-15-9-5-13(6-10-15)16(18)12-3-7-14(17)8-4-12/h3-11,16H,1-2H3. The Bertz CT molecular complexity index is 519. The maximum atomic E-state index is 6.49. The molecule has 0 amide bonds. The molecule has 3 heteroatoms. The van der Waals surface area contributed by atoms with Gasteiger partial charge >= 0.3 is 0 Å². The summed E-state index contributed by atoms with van der Waals surface area (Å²) in [6, 6.07) is 16.0. The summed E-state index contributed by atoms with van der Waals surface area (Å²) in [7, 11) is 0. The first-order chi connectivity index (χ1) is 9.06. The molecule has 2 aromatic rings. The third kappa shape index (κ3) is 3.99. The number of hydrogen-bond donors (Lipinski definition) is 0. The predicted molar refractivity (Wildman–Crippen MR) is 84.0 cm³/mol. The first kappa shape index (κ1) is 14.4. The van der Waals surface area contributed by atoms with Crippen molar-refractivity contribution in [2.45, 2.75) is 25.3 Å². The highest BCUT2D eigenvalue weighted by atomic mass is 79.9. The highest BCUT2D eigenvalue weighted by Crippen LogP contribution is 2.30. The maximum absolute atomic E-state index is 6.49. The van der Waals surface area contributed by atoms with E-state index in [9.17, 15) is 0 Å². The molecular formula is C16H16BrClO. The molecule has 1 unspecified atom stereocenters. The van der Waals surface area contributed by atoms with Crippen LogP contribution in [0.15, 0.2) is 53.0 Å². The van der Waals surface area contributed by atoms with Crippen LogP contribution < -0.4 is 4.74 Å². The van der Waals surface area contributed by atoms with E-state index >= 15 is 0 Å². The van der Waals surface area contributed by atoms with Crippen LogP contribution in [0.2, 0.25) is 0 Å². The van der Waals surface area contributed by atoms with E-state index in [1.165, 1.54) is 0 Å². The summed E-state index contributed by atoms with van der Waals surface area (Å²) >= 11 is 9.91. The van der Waals surface area contributed by atoms with Crippen molar-refractivity contribution in [3.8, 4) is 5.75 Å². The second-order valence-corrected chi connectivity index (χ2v) is 6.00. The molecule has 0 aromatic heterocycles. The van der Waals surface area contributed by atoms with Crippen LogP contribution in [-0.4, -0.2) is 6.10 Å². The predicted octanol–water partition coefficient (Wildman–Crippen LogP) is 5.56. The average Bonchev–Trinajstić information content (AvgIpc) is 2.39. The smallest absolute Gasteiger partial charge is 0.119 e. The highest BCUT2D eigenvalue weighted by Gasteiger charge is 2.10. The molecular weight excluding hydrogens is 324 g/mol. The van der Waals surface area contributed by atoms with Crippen LogP contribution in [0.4, 0.5) is 0 Å². The summed E-state index contributed by atoms with van der Waals surface area (Å²) in [4.78, 5) is 0. The van der Waals surface area contributed by atoms with E-state index in [2.05, 4.69) is 15.9 Å². The fraction of sp³-hybridized carbons (Fsp3) is 0.250. The Morgan fingerprint density at radius 2 is 1.37 bits per heavy atom. The van der Waals surface area contributed by atoms with Gasteiger partial charge in [-0.3, -0.25) is 0 Å². The summed E-state index contributed by atoms with van der Waals surface area (Å²) in [6.07, 6.45) is 0.184. The van der Waals surface area contributed by atoms with Crippen molar-refractivity contribution in [2.75, 3.05) is 0 Å². The van der Waals surface area contributed by atoms with Crippen LogP contribution >= 0.6 is 27.5 Å². The van der Waals surface area contributed by atoms with Crippen molar-refractivity contribution in [1.29, 1.82) is 0 Å². The van der Waals surface area contributed by atoms with Crippen molar-refractivity contribution < 1.29 is 4.74 Å². The van der Waals surface area contributed by atoms with Gasteiger partial charge in [0.15, 0.2) is 0 Å². The van der Waals surface area contributed by atoms with Crippen molar-refractivity contribution in [3.63, 3.8) is 0 Å². The maximum Gasteiger partial charge on any atom is 0.119 e. The van der Waals surface area contributed by atoms with E-state index in [1.54, 1.807) is 0 Å². The molecule has 19 heavy (non-hydrogen) atoms. The van der Waals surface area contributed by atoms with E-state index < -0.39 is 0 Å². The Morgan fingerprint density at radius 3 is 1.84 bits per heavy atom. The Hall–Kier alpha value is -0.990. The lowest BCUT2D eigenvalue weighted by Gasteiger charge is -2.13. The van der Waals surface area contributed by atoms with E-state index in [0.717, 1.165) is 21.3 Å². The van der Waals surface area contributed by atoms with E-state index in [1.807, 2.05) is 62.4 Å². The molecule has 100 valence electrons. The van der Waals surface area contributed by atoms with E-state index in [4.69, 9.17) is 16.3 Å². The lowest BCUT2D eigenvalue weighted by atomic mass is 10.0. The second kappa shape index (κ2) is 6.44. The summed E-state index contributed by atoms with van der Waals surface area (Å²) in [5.41, 5.74) is 2.16. The summed E-state index contributed by atoms with van der Waals surface area (Å²) in [6.45, 7) is 4.03. The van der Waals surface area contributed by atoms with Crippen molar-refractivity contribution in [1.82, 2.24) is 0 Å². The zero-order valence-corrected chi connectivity index (χ0v) is 13.3. The van der Waals surface area contributed by atoms with Crippen LogP contribution in [-0.2, 0) is 0 Å². The molecule has 0 aliphatic rings. The van der Waals surface area contributed by atoms with Gasteiger partial charge in [-0.15, -0.1) is 11.6 Å². The Labute approximate surface area is 127 Å². The number of halogens is 2. The Kier molecular flexibility index (Phi) is 4.89. The lowest BCUT2D eigenvalue weighted by molar-refractivity contribution is 0.242. The van der Waals surface area contributed by atoms with Crippen molar-refractivity contribution in [2.24, 2.45) is 0 Å². The van der Waals surface area contributed by atoms with Crippen LogP contribution in [0.1, 0.15) is 30.4 Å². The van der Waals surface area contributed by atoms with Gasteiger partial charge in [0.25, 0.3) is 0 Å². The number of alkyl halides is 1. The van der Waals surface area contributed by atoms with Crippen LogP contribution in [0.25, 0.3) is 0 Å². The number of benzene rings is 2. The van der Waals surface area contributed by atoms with Crippen molar-refractivity contribution >= 4 is 27.5 Å². The molecule has 0 bridgehead atoms. The van der Waals surface area contributed by atoms with Gasteiger partial charge in [-0.05, 0) is 49.2 Å². The third-order valence-corrected chi connectivity index (χ3v) is 3.74. The molecule has 0 aliphatic carbocycles. The van der Waals surface area contributed by atoms with Gasteiger partial charge in [0.05, 0.1) is 11.5 Å². The molecule has 1 atom stereocenters. The Balaban J connectivity index is 2.15. The molecule has 0 radical (unpaired) electrons. The van der Waals surface area contributed by atoms with Crippen molar-refractivity contribution in [3.05, 3.63) is 64.1 Å². The Morgan fingerprint density at radius 1 is 0.895 bits per heavy atom. The molecule has 0 heterocycles. The minimum absolute atomic E-state index is 0.138. The largest absolute Gasteiger partial charge is 0.491 e. The lowest BCUT2D eigenvalue weighted by Crippen LogP contribution is -2.05. The zero-order chi connectivity index (χ0) is 13.8. The quantitative estimate of drug-likeness (QED) is 0.662. The van der Waals surface area contributed by atoms with Gasteiger partial charge in [0, 0.05) is 4.47 Å². The van der Waals surface area contributed by atoms with Gasteiger partial charge in [-0.2, -0.15) is 0 Å². The summed E-state index contributed by atoms with van der Waals surface area (Å²) < 4.78 is 6.68. The third-order valence-electron chi connectivity index (χ3n) is 2.71. The van der Waals surface area contributed by atoms with Crippen LogP contribution in [0.5, 0.6) is 5.75 Å². The fourth-order valence-corrected chi connectivity index (χ4v) is 2.37. The van der Waals surface area contributed by atoms with Gasteiger partial charge < -0.3 is 4.74 Å². The normalized spacial score (nSPS) is 12.5.